The molecule has 0 aliphatic carbocycles. The molecule has 2 aromatic rings. The van der Waals surface area contributed by atoms with Crippen molar-refractivity contribution in [2.75, 3.05) is 0 Å². The zero-order chi connectivity index (χ0) is 13.0. The van der Waals surface area contributed by atoms with Crippen molar-refractivity contribution in [2.45, 2.75) is 19.3 Å². The molecule has 0 N–H and O–H groups in total. The number of benzene rings is 2. The highest BCUT2D eigenvalue weighted by Crippen LogP contribution is 2.24. The third-order valence-electron chi connectivity index (χ3n) is 3.11. The van der Waals surface area contributed by atoms with Gasteiger partial charge in [-0.25, -0.2) is 0 Å². The maximum atomic E-state index is 11.0. The average molecular weight is 239 g/mol. The van der Waals surface area contributed by atoms with Crippen molar-refractivity contribution in [1.29, 1.82) is 0 Å². The molecule has 0 aliphatic rings. The molecule has 0 saturated carbocycles. The van der Waals surface area contributed by atoms with Gasteiger partial charge in [0.05, 0.1) is 0 Å². The topological polar surface area (TPSA) is 40.1 Å². The largest absolute Gasteiger partial charge is 0.549 e. The van der Waals surface area contributed by atoms with Gasteiger partial charge in [0.2, 0.25) is 0 Å². The second kappa shape index (κ2) is 5.50. The highest BCUT2D eigenvalue weighted by Gasteiger charge is 2.10. The summed E-state index contributed by atoms with van der Waals surface area (Å²) in [5, 5.41) is 11.0. The Balaban J connectivity index is 2.28. The molecule has 0 bridgehead atoms. The van der Waals surface area contributed by atoms with E-state index in [1.165, 1.54) is 0 Å². The third-order valence-corrected chi connectivity index (χ3v) is 3.11. The highest BCUT2D eigenvalue weighted by atomic mass is 16.4. The van der Waals surface area contributed by atoms with Gasteiger partial charge in [-0.1, -0.05) is 61.5 Å². The van der Waals surface area contributed by atoms with Crippen LogP contribution in [0.2, 0.25) is 0 Å². The van der Waals surface area contributed by atoms with E-state index in [4.69, 9.17) is 0 Å². The Bertz CT molecular complexity index is 515. The molecule has 0 aromatic heterocycles. The van der Waals surface area contributed by atoms with Crippen molar-refractivity contribution in [3.8, 4) is 11.1 Å². The first-order chi connectivity index (χ1) is 8.72. The first-order valence-electron chi connectivity index (χ1n) is 6.08. The molecule has 2 nitrogen and oxygen atoms in total. The highest BCUT2D eigenvalue weighted by molar-refractivity contribution is 5.74. The Morgan fingerprint density at radius 1 is 1.00 bits per heavy atom. The minimum atomic E-state index is -1.01. The standard InChI is InChI=1S/C16H16O2/c1-2-15(16(17)18)14-10-8-13(9-11-14)12-6-4-3-5-7-12/h3-11,15H,2H2,1H3,(H,17,18)/p-1/t15-/m1/s1. The fraction of sp³-hybridized carbons (Fsp3) is 0.188. The summed E-state index contributed by atoms with van der Waals surface area (Å²) in [5.74, 6) is -1.53. The van der Waals surface area contributed by atoms with Crippen molar-refractivity contribution in [1.82, 2.24) is 0 Å². The van der Waals surface area contributed by atoms with Crippen molar-refractivity contribution in [2.24, 2.45) is 0 Å². The van der Waals surface area contributed by atoms with E-state index >= 15 is 0 Å². The van der Waals surface area contributed by atoms with E-state index in [1.54, 1.807) is 0 Å². The van der Waals surface area contributed by atoms with E-state index in [1.807, 2.05) is 61.5 Å². The van der Waals surface area contributed by atoms with Crippen LogP contribution in [-0.2, 0) is 4.79 Å². The predicted octanol–water partition coefficient (Wildman–Crippen LogP) is 2.60. The number of carboxylic acid groups (broad SMARTS) is 1. The Hall–Kier alpha value is -2.09. The lowest BCUT2D eigenvalue weighted by Crippen LogP contribution is -2.29. The van der Waals surface area contributed by atoms with Crippen LogP contribution in [0.4, 0.5) is 0 Å². The first-order valence-corrected chi connectivity index (χ1v) is 6.08. The van der Waals surface area contributed by atoms with Gasteiger partial charge in [-0.15, -0.1) is 0 Å². The summed E-state index contributed by atoms with van der Waals surface area (Å²) in [6, 6.07) is 17.7. The lowest BCUT2D eigenvalue weighted by atomic mass is 9.94. The fourth-order valence-corrected chi connectivity index (χ4v) is 2.08. The second-order valence-corrected chi connectivity index (χ2v) is 4.27. The van der Waals surface area contributed by atoms with E-state index < -0.39 is 11.9 Å². The van der Waals surface area contributed by atoms with Crippen LogP contribution < -0.4 is 5.11 Å². The third kappa shape index (κ3) is 2.59. The summed E-state index contributed by atoms with van der Waals surface area (Å²) in [5.41, 5.74) is 3.02. The molecule has 0 fully saturated rings. The minimum Gasteiger partial charge on any atom is -0.549 e. The summed E-state index contributed by atoms with van der Waals surface area (Å²) in [6.45, 7) is 1.85. The van der Waals surface area contributed by atoms with Gasteiger partial charge in [0, 0.05) is 11.9 Å². The monoisotopic (exact) mass is 239 g/mol. The second-order valence-electron chi connectivity index (χ2n) is 4.27. The average Bonchev–Trinajstić information content (AvgIpc) is 2.41. The van der Waals surface area contributed by atoms with Crippen molar-refractivity contribution >= 4 is 5.97 Å². The number of hydrogen-bond acceptors (Lipinski definition) is 2. The number of hydrogen-bond donors (Lipinski definition) is 0. The van der Waals surface area contributed by atoms with Crippen LogP contribution in [-0.4, -0.2) is 5.97 Å². The number of aliphatic carboxylic acids is 1. The van der Waals surface area contributed by atoms with Crippen LogP contribution in [0.3, 0.4) is 0 Å². The number of carboxylic acids is 1. The Morgan fingerprint density at radius 3 is 2.06 bits per heavy atom. The molecule has 0 spiro atoms. The molecule has 1 atom stereocenters. The minimum absolute atomic E-state index is 0.519. The molecule has 2 heteroatoms. The Labute approximate surface area is 107 Å². The molecule has 18 heavy (non-hydrogen) atoms. The molecule has 92 valence electrons. The molecular weight excluding hydrogens is 224 g/mol. The van der Waals surface area contributed by atoms with E-state index in [-0.39, 0.29) is 0 Å². The van der Waals surface area contributed by atoms with Gasteiger partial charge < -0.3 is 9.90 Å². The zero-order valence-corrected chi connectivity index (χ0v) is 10.3. The summed E-state index contributed by atoms with van der Waals surface area (Å²) in [4.78, 5) is 11.0. The molecule has 0 amide bonds. The van der Waals surface area contributed by atoms with Crippen LogP contribution in [0.15, 0.2) is 54.6 Å². The van der Waals surface area contributed by atoms with Gasteiger partial charge in [-0.2, -0.15) is 0 Å². The van der Waals surface area contributed by atoms with Gasteiger partial charge in [0.25, 0.3) is 0 Å². The van der Waals surface area contributed by atoms with Gasteiger partial charge in [-0.3, -0.25) is 0 Å². The lowest BCUT2D eigenvalue weighted by molar-refractivity contribution is -0.308. The maximum absolute atomic E-state index is 11.0. The summed E-state index contributed by atoms with van der Waals surface area (Å²) in [7, 11) is 0. The predicted molar refractivity (Wildman–Crippen MR) is 69.9 cm³/mol. The lowest BCUT2D eigenvalue weighted by Gasteiger charge is -2.16. The Kier molecular flexibility index (Phi) is 3.78. The van der Waals surface area contributed by atoms with Crippen molar-refractivity contribution in [3.05, 3.63) is 60.2 Å². The summed E-state index contributed by atoms with van der Waals surface area (Å²) < 4.78 is 0. The zero-order valence-electron chi connectivity index (χ0n) is 10.3. The smallest absolute Gasteiger partial charge is 0.0489 e. The van der Waals surface area contributed by atoms with Crippen LogP contribution in [0.1, 0.15) is 24.8 Å². The van der Waals surface area contributed by atoms with E-state index in [2.05, 4.69) is 0 Å². The normalized spacial score (nSPS) is 12.1. The van der Waals surface area contributed by atoms with Crippen LogP contribution in [0.5, 0.6) is 0 Å². The van der Waals surface area contributed by atoms with Crippen LogP contribution >= 0.6 is 0 Å². The van der Waals surface area contributed by atoms with Gasteiger partial charge in [0.15, 0.2) is 0 Å². The van der Waals surface area contributed by atoms with E-state index in [0.717, 1.165) is 16.7 Å². The maximum Gasteiger partial charge on any atom is 0.0489 e. The molecule has 0 heterocycles. The molecule has 2 rings (SSSR count). The van der Waals surface area contributed by atoms with E-state index in [9.17, 15) is 9.90 Å². The fourth-order valence-electron chi connectivity index (χ4n) is 2.08. The van der Waals surface area contributed by atoms with Gasteiger partial charge in [0.1, 0.15) is 0 Å². The number of carbonyl (C=O) groups excluding carboxylic acids is 1. The summed E-state index contributed by atoms with van der Waals surface area (Å²) >= 11 is 0. The number of carbonyl (C=O) groups is 1. The SMILES string of the molecule is CC[C@@H](C(=O)[O-])c1ccc(-c2ccccc2)cc1. The van der Waals surface area contributed by atoms with Crippen molar-refractivity contribution in [3.63, 3.8) is 0 Å². The Morgan fingerprint density at radius 2 is 1.56 bits per heavy atom. The van der Waals surface area contributed by atoms with Gasteiger partial charge >= 0.3 is 0 Å². The quantitative estimate of drug-likeness (QED) is 0.822. The van der Waals surface area contributed by atoms with Gasteiger partial charge in [-0.05, 0) is 23.1 Å². The van der Waals surface area contributed by atoms with E-state index in [0.29, 0.717) is 6.42 Å². The van der Waals surface area contributed by atoms with Crippen LogP contribution in [0.25, 0.3) is 11.1 Å². The molecular formula is C16H15O2-. The molecule has 0 saturated heterocycles. The number of rotatable bonds is 4. The molecule has 2 aromatic carbocycles. The molecule has 0 aliphatic heterocycles. The van der Waals surface area contributed by atoms with Crippen molar-refractivity contribution < 1.29 is 9.90 Å². The molecule has 0 radical (unpaired) electrons. The summed E-state index contributed by atoms with van der Waals surface area (Å²) in [6.07, 6.45) is 0.549. The van der Waals surface area contributed by atoms with Crippen LogP contribution in [0, 0.1) is 0 Å². The first kappa shape index (κ1) is 12.4. The molecule has 0 unspecified atom stereocenters.